The summed E-state index contributed by atoms with van der Waals surface area (Å²) < 4.78 is 37.8. The molecule has 21 heavy (non-hydrogen) atoms. The van der Waals surface area contributed by atoms with E-state index in [4.69, 9.17) is 9.47 Å². The molecule has 0 amide bonds. The minimum Gasteiger partial charge on any atom is -0.493 e. The molecular weight excluding hydrogens is 360 g/mol. The lowest BCUT2D eigenvalue weighted by atomic mass is 10.3. The molecule has 0 aliphatic carbocycles. The third-order valence-corrected chi connectivity index (χ3v) is 6.51. The molecule has 6 nitrogen and oxygen atoms in total. The van der Waals surface area contributed by atoms with E-state index in [9.17, 15) is 8.42 Å². The van der Waals surface area contributed by atoms with Crippen LogP contribution in [0.15, 0.2) is 21.5 Å². The van der Waals surface area contributed by atoms with E-state index in [1.807, 2.05) is 0 Å². The van der Waals surface area contributed by atoms with Gasteiger partial charge in [-0.25, -0.2) is 8.42 Å². The number of ether oxygens (including phenoxy) is 2. The van der Waals surface area contributed by atoms with Crippen LogP contribution in [0, 0.1) is 0 Å². The van der Waals surface area contributed by atoms with Crippen molar-refractivity contribution in [2.75, 3.05) is 34.4 Å². The van der Waals surface area contributed by atoms with Crippen molar-refractivity contribution >= 4 is 26.0 Å². The van der Waals surface area contributed by atoms with Gasteiger partial charge in [-0.1, -0.05) is 0 Å². The zero-order valence-electron chi connectivity index (χ0n) is 12.2. The van der Waals surface area contributed by atoms with E-state index in [2.05, 4.69) is 21.2 Å². The molecule has 0 spiro atoms. The molecule has 1 saturated heterocycles. The Morgan fingerprint density at radius 1 is 1.29 bits per heavy atom. The summed E-state index contributed by atoms with van der Waals surface area (Å²) in [5, 5.41) is 3.17. The second-order valence-electron chi connectivity index (χ2n) is 4.81. The van der Waals surface area contributed by atoms with Crippen LogP contribution in [0.3, 0.4) is 0 Å². The number of hydrogen-bond acceptors (Lipinski definition) is 5. The molecule has 1 aromatic rings. The van der Waals surface area contributed by atoms with Crippen LogP contribution < -0.4 is 14.8 Å². The Kier molecular flexibility index (Phi) is 5.13. The lowest BCUT2D eigenvalue weighted by Crippen LogP contribution is -2.38. The van der Waals surface area contributed by atoms with Crippen LogP contribution in [-0.4, -0.2) is 53.1 Å². The summed E-state index contributed by atoms with van der Waals surface area (Å²) in [5.41, 5.74) is 0. The summed E-state index contributed by atoms with van der Waals surface area (Å²) in [6.45, 7) is 1.50. The molecule has 0 radical (unpaired) electrons. The van der Waals surface area contributed by atoms with E-state index in [1.165, 1.54) is 24.6 Å². The second kappa shape index (κ2) is 6.51. The summed E-state index contributed by atoms with van der Waals surface area (Å²) >= 11 is 3.31. The minimum absolute atomic E-state index is 0.0324. The third-order valence-electron chi connectivity index (χ3n) is 3.64. The van der Waals surface area contributed by atoms with Gasteiger partial charge in [0.1, 0.15) is 4.90 Å². The number of rotatable bonds is 5. The molecule has 1 heterocycles. The van der Waals surface area contributed by atoms with Crippen molar-refractivity contribution < 1.29 is 17.9 Å². The van der Waals surface area contributed by atoms with Crippen molar-refractivity contribution in [1.82, 2.24) is 9.62 Å². The van der Waals surface area contributed by atoms with E-state index in [0.29, 0.717) is 22.5 Å². The number of nitrogens with one attached hydrogen (secondary N) is 1. The summed E-state index contributed by atoms with van der Waals surface area (Å²) in [6, 6.07) is 3.05. The quantitative estimate of drug-likeness (QED) is 0.839. The average Bonchev–Trinajstić information content (AvgIpc) is 2.99. The van der Waals surface area contributed by atoms with Crippen molar-refractivity contribution in [3.8, 4) is 11.5 Å². The molecule has 1 N–H and O–H groups in total. The smallest absolute Gasteiger partial charge is 0.244 e. The highest BCUT2D eigenvalue weighted by molar-refractivity contribution is 9.10. The SMILES string of the molecule is COc1cc(Br)c(S(=O)(=O)N(C)C2CCNC2)cc1OC. The van der Waals surface area contributed by atoms with Gasteiger partial charge in [0.15, 0.2) is 11.5 Å². The highest BCUT2D eigenvalue weighted by atomic mass is 79.9. The zero-order chi connectivity index (χ0) is 15.6. The number of sulfonamides is 1. The van der Waals surface area contributed by atoms with Gasteiger partial charge in [0.05, 0.1) is 14.2 Å². The Morgan fingerprint density at radius 3 is 2.43 bits per heavy atom. The van der Waals surface area contributed by atoms with Gasteiger partial charge in [0, 0.05) is 30.2 Å². The maximum absolute atomic E-state index is 12.8. The fourth-order valence-corrected chi connectivity index (χ4v) is 4.71. The fourth-order valence-electron chi connectivity index (χ4n) is 2.33. The molecule has 1 aliphatic heterocycles. The molecular formula is C13H19BrN2O4S. The Hall–Kier alpha value is -0.830. The predicted octanol–water partition coefficient (Wildman–Crippen LogP) is 1.45. The first-order valence-electron chi connectivity index (χ1n) is 6.52. The van der Waals surface area contributed by atoms with E-state index < -0.39 is 10.0 Å². The van der Waals surface area contributed by atoms with Crippen LogP contribution in [-0.2, 0) is 10.0 Å². The standard InChI is InChI=1S/C13H19BrN2O4S/c1-16(9-4-5-15-8-9)21(17,18)13-7-12(20-3)11(19-2)6-10(13)14/h6-7,9,15H,4-5,8H2,1-3H3. The molecule has 1 aromatic carbocycles. The lowest BCUT2D eigenvalue weighted by Gasteiger charge is -2.24. The average molecular weight is 379 g/mol. The molecule has 0 aromatic heterocycles. The highest BCUT2D eigenvalue weighted by Gasteiger charge is 2.32. The number of methoxy groups -OCH3 is 2. The zero-order valence-corrected chi connectivity index (χ0v) is 14.6. The number of nitrogens with zero attached hydrogens (tertiary/aromatic N) is 1. The van der Waals surface area contributed by atoms with E-state index in [1.54, 1.807) is 13.1 Å². The molecule has 2 rings (SSSR count). The van der Waals surface area contributed by atoms with Gasteiger partial charge in [-0.05, 0) is 35.0 Å². The van der Waals surface area contributed by atoms with E-state index >= 15 is 0 Å². The second-order valence-corrected chi connectivity index (χ2v) is 7.63. The summed E-state index contributed by atoms with van der Waals surface area (Å²) in [6.07, 6.45) is 0.806. The van der Waals surface area contributed by atoms with Gasteiger partial charge in [-0.2, -0.15) is 4.31 Å². The Morgan fingerprint density at radius 2 is 1.90 bits per heavy atom. The molecule has 118 valence electrons. The predicted molar refractivity (Wildman–Crippen MR) is 83.5 cm³/mol. The van der Waals surface area contributed by atoms with Crippen molar-refractivity contribution in [2.45, 2.75) is 17.4 Å². The summed E-state index contributed by atoms with van der Waals surface area (Å²) in [7, 11) is 0.995. The molecule has 1 aliphatic rings. The first kappa shape index (κ1) is 16.5. The molecule has 1 fully saturated rings. The molecule has 1 unspecified atom stereocenters. The van der Waals surface area contributed by atoms with Gasteiger partial charge in [0.2, 0.25) is 10.0 Å². The topological polar surface area (TPSA) is 67.9 Å². The first-order valence-corrected chi connectivity index (χ1v) is 8.75. The van der Waals surface area contributed by atoms with Gasteiger partial charge < -0.3 is 14.8 Å². The van der Waals surface area contributed by atoms with Crippen molar-refractivity contribution in [2.24, 2.45) is 0 Å². The summed E-state index contributed by atoms with van der Waals surface area (Å²) in [4.78, 5) is 0.176. The Balaban J connectivity index is 2.44. The van der Waals surface area contributed by atoms with Gasteiger partial charge in [0.25, 0.3) is 0 Å². The van der Waals surface area contributed by atoms with Crippen molar-refractivity contribution in [1.29, 1.82) is 0 Å². The Bertz CT molecular complexity index is 615. The third kappa shape index (κ3) is 3.18. The molecule has 8 heteroatoms. The lowest BCUT2D eigenvalue weighted by molar-refractivity contribution is 0.352. The van der Waals surface area contributed by atoms with Crippen molar-refractivity contribution in [3.05, 3.63) is 16.6 Å². The van der Waals surface area contributed by atoms with Crippen LogP contribution in [0.4, 0.5) is 0 Å². The minimum atomic E-state index is -3.60. The van der Waals surface area contributed by atoms with Crippen LogP contribution in [0.25, 0.3) is 0 Å². The normalized spacial score (nSPS) is 19.0. The highest BCUT2D eigenvalue weighted by Crippen LogP contribution is 2.37. The van der Waals surface area contributed by atoms with Crippen LogP contribution in [0.2, 0.25) is 0 Å². The van der Waals surface area contributed by atoms with E-state index in [-0.39, 0.29) is 10.9 Å². The number of halogens is 1. The number of likely N-dealkylation sites (N-methyl/N-ethyl adjacent to an activating group) is 1. The van der Waals surface area contributed by atoms with Crippen LogP contribution >= 0.6 is 15.9 Å². The largest absolute Gasteiger partial charge is 0.493 e. The van der Waals surface area contributed by atoms with Gasteiger partial charge in [-0.3, -0.25) is 0 Å². The van der Waals surface area contributed by atoms with Crippen LogP contribution in [0.1, 0.15) is 6.42 Å². The van der Waals surface area contributed by atoms with Crippen LogP contribution in [0.5, 0.6) is 11.5 Å². The molecule has 1 atom stereocenters. The Labute approximate surface area is 133 Å². The summed E-state index contributed by atoms with van der Waals surface area (Å²) in [5.74, 6) is 0.866. The molecule has 0 bridgehead atoms. The first-order chi connectivity index (χ1) is 9.91. The maximum Gasteiger partial charge on any atom is 0.244 e. The number of benzene rings is 1. The number of hydrogen-bond donors (Lipinski definition) is 1. The van der Waals surface area contributed by atoms with Gasteiger partial charge >= 0.3 is 0 Å². The maximum atomic E-state index is 12.8. The fraction of sp³-hybridized carbons (Fsp3) is 0.538. The van der Waals surface area contributed by atoms with E-state index in [0.717, 1.165) is 13.0 Å². The van der Waals surface area contributed by atoms with Crippen molar-refractivity contribution in [3.63, 3.8) is 0 Å². The van der Waals surface area contributed by atoms with Gasteiger partial charge in [-0.15, -0.1) is 0 Å². The molecule has 0 saturated carbocycles. The monoisotopic (exact) mass is 378 g/mol.